The number of benzene rings is 3. The monoisotopic (exact) mass is 496 g/mol. The van der Waals surface area contributed by atoms with Crippen molar-refractivity contribution >= 4 is 39.0 Å². The van der Waals surface area contributed by atoms with Crippen LogP contribution in [0.25, 0.3) is 0 Å². The van der Waals surface area contributed by atoms with Crippen LogP contribution in [0, 0.1) is 5.82 Å². The molecule has 0 aromatic heterocycles. The largest absolute Gasteiger partial charge is 0.323 e. The molecule has 0 unspecified atom stereocenters. The molecule has 1 saturated heterocycles. The van der Waals surface area contributed by atoms with Crippen LogP contribution in [0.15, 0.2) is 77.7 Å². The van der Waals surface area contributed by atoms with E-state index in [9.17, 15) is 22.4 Å². The Morgan fingerprint density at radius 3 is 1.94 bits per heavy atom. The van der Waals surface area contributed by atoms with Crippen molar-refractivity contribution in [1.82, 2.24) is 4.31 Å². The average molecular weight is 497 g/mol. The summed E-state index contributed by atoms with van der Waals surface area (Å²) in [5, 5.41) is 8.05. The van der Waals surface area contributed by atoms with Crippen LogP contribution in [-0.2, 0) is 10.0 Å². The Bertz CT molecular complexity index is 1310. The second-order valence-corrected chi connectivity index (χ2v) is 9.99. The van der Waals surface area contributed by atoms with Gasteiger partial charge in [0.25, 0.3) is 5.91 Å². The highest BCUT2D eigenvalue weighted by atomic mass is 32.2. The second-order valence-electron chi connectivity index (χ2n) is 8.09. The number of hydrogen-bond donors (Lipinski definition) is 3. The maximum Gasteiger partial charge on any atom is 0.323 e. The van der Waals surface area contributed by atoms with Gasteiger partial charge in [0.05, 0.1) is 0 Å². The third-order valence-electron chi connectivity index (χ3n) is 5.56. The van der Waals surface area contributed by atoms with E-state index in [0.29, 0.717) is 30.2 Å². The minimum Gasteiger partial charge on any atom is -0.322 e. The number of anilines is 3. The zero-order valence-corrected chi connectivity index (χ0v) is 19.6. The molecular weight excluding hydrogens is 471 g/mol. The van der Waals surface area contributed by atoms with Crippen LogP contribution in [0.4, 0.5) is 26.2 Å². The Morgan fingerprint density at radius 1 is 0.743 bits per heavy atom. The first-order valence-electron chi connectivity index (χ1n) is 11.2. The first-order valence-corrected chi connectivity index (χ1v) is 12.6. The normalized spacial score (nSPS) is 14.2. The highest BCUT2D eigenvalue weighted by molar-refractivity contribution is 7.89. The van der Waals surface area contributed by atoms with Crippen LogP contribution < -0.4 is 16.0 Å². The number of hydrogen-bond acceptors (Lipinski definition) is 4. The van der Waals surface area contributed by atoms with Crippen molar-refractivity contribution in [2.75, 3.05) is 29.0 Å². The Morgan fingerprint density at radius 2 is 1.31 bits per heavy atom. The van der Waals surface area contributed by atoms with E-state index in [4.69, 9.17) is 0 Å². The van der Waals surface area contributed by atoms with E-state index < -0.39 is 32.7 Å². The molecule has 3 amide bonds. The molecule has 10 heteroatoms. The first-order chi connectivity index (χ1) is 16.8. The predicted molar refractivity (Wildman–Crippen MR) is 132 cm³/mol. The summed E-state index contributed by atoms with van der Waals surface area (Å²) >= 11 is 0. The molecule has 0 radical (unpaired) electrons. The highest BCUT2D eigenvalue weighted by Crippen LogP contribution is 2.24. The summed E-state index contributed by atoms with van der Waals surface area (Å²) < 4.78 is 41.5. The lowest BCUT2D eigenvalue weighted by Gasteiger charge is -2.26. The van der Waals surface area contributed by atoms with Gasteiger partial charge in [-0.25, -0.2) is 17.6 Å². The number of sulfonamides is 1. The minimum atomic E-state index is -4.03. The van der Waals surface area contributed by atoms with Gasteiger partial charge in [-0.15, -0.1) is 0 Å². The summed E-state index contributed by atoms with van der Waals surface area (Å²) in [6.45, 7) is 0.671. The van der Waals surface area contributed by atoms with Gasteiger partial charge in [-0.3, -0.25) is 4.79 Å². The van der Waals surface area contributed by atoms with E-state index >= 15 is 0 Å². The number of piperidine rings is 1. The maximum atomic E-state index is 14.4. The molecular formula is C25H25FN4O4S. The number of halogens is 1. The molecule has 182 valence electrons. The number of nitrogens with zero attached hydrogens (tertiary/aromatic N) is 1. The number of nitrogens with one attached hydrogen (secondary N) is 3. The summed E-state index contributed by atoms with van der Waals surface area (Å²) in [5.74, 6) is -1.47. The van der Waals surface area contributed by atoms with E-state index in [1.165, 1.54) is 10.4 Å². The molecule has 3 N–H and O–H groups in total. The Balaban J connectivity index is 1.41. The van der Waals surface area contributed by atoms with Crippen molar-refractivity contribution in [3.05, 3.63) is 84.2 Å². The topological polar surface area (TPSA) is 108 Å². The summed E-state index contributed by atoms with van der Waals surface area (Å²) in [7, 11) is -4.03. The maximum absolute atomic E-state index is 14.4. The zero-order valence-electron chi connectivity index (χ0n) is 18.8. The molecule has 1 aliphatic rings. The van der Waals surface area contributed by atoms with Crippen molar-refractivity contribution in [1.29, 1.82) is 0 Å². The molecule has 35 heavy (non-hydrogen) atoms. The van der Waals surface area contributed by atoms with E-state index in [1.807, 2.05) is 6.07 Å². The zero-order chi connectivity index (χ0) is 24.8. The molecule has 0 aliphatic carbocycles. The average Bonchev–Trinajstić information content (AvgIpc) is 2.86. The van der Waals surface area contributed by atoms with E-state index in [0.717, 1.165) is 31.4 Å². The van der Waals surface area contributed by atoms with Gasteiger partial charge in [0, 0.05) is 35.7 Å². The molecule has 0 spiro atoms. The lowest BCUT2D eigenvalue weighted by Crippen LogP contribution is -2.36. The molecule has 0 saturated carbocycles. The van der Waals surface area contributed by atoms with Gasteiger partial charge in [0.1, 0.15) is 10.7 Å². The lowest BCUT2D eigenvalue weighted by molar-refractivity contribution is 0.102. The van der Waals surface area contributed by atoms with Gasteiger partial charge in [0.15, 0.2) is 0 Å². The predicted octanol–water partition coefficient (Wildman–Crippen LogP) is 4.90. The number of amides is 3. The van der Waals surface area contributed by atoms with Crippen LogP contribution in [0.1, 0.15) is 29.6 Å². The molecule has 0 bridgehead atoms. The van der Waals surface area contributed by atoms with Crippen LogP contribution in [0.5, 0.6) is 0 Å². The third-order valence-corrected chi connectivity index (χ3v) is 7.47. The molecule has 8 nitrogen and oxygen atoms in total. The second kappa shape index (κ2) is 10.7. The van der Waals surface area contributed by atoms with Crippen molar-refractivity contribution < 1.29 is 22.4 Å². The smallest absolute Gasteiger partial charge is 0.322 e. The van der Waals surface area contributed by atoms with Crippen LogP contribution >= 0.6 is 0 Å². The van der Waals surface area contributed by atoms with Crippen molar-refractivity contribution in [3.8, 4) is 0 Å². The van der Waals surface area contributed by atoms with Crippen molar-refractivity contribution in [2.45, 2.75) is 24.2 Å². The number of rotatable bonds is 6. The third kappa shape index (κ3) is 6.03. The van der Waals surface area contributed by atoms with Crippen LogP contribution in [0.3, 0.4) is 0 Å². The SMILES string of the molecule is O=C(Nc1ccccc1)Nc1ccc(NC(=O)c2ccc(F)c(S(=O)(=O)N3CCCCC3)c2)cc1. The summed E-state index contributed by atoms with van der Waals surface area (Å²) in [6.07, 6.45) is 2.38. The number of carbonyl (C=O) groups is 2. The fraction of sp³-hybridized carbons (Fsp3) is 0.200. The molecule has 4 rings (SSSR count). The van der Waals surface area contributed by atoms with Crippen molar-refractivity contribution in [2.24, 2.45) is 0 Å². The van der Waals surface area contributed by atoms with Gasteiger partial charge in [-0.05, 0) is 67.4 Å². The minimum absolute atomic E-state index is 0.0198. The molecule has 1 heterocycles. The van der Waals surface area contributed by atoms with Crippen LogP contribution in [0.2, 0.25) is 0 Å². The summed E-state index contributed by atoms with van der Waals surface area (Å²) in [6, 6.07) is 18.3. The van der Waals surface area contributed by atoms with Gasteiger partial charge in [0.2, 0.25) is 10.0 Å². The molecule has 1 fully saturated rings. The fourth-order valence-electron chi connectivity index (χ4n) is 3.74. The summed E-state index contributed by atoms with van der Waals surface area (Å²) in [5.41, 5.74) is 1.60. The number of para-hydroxylation sites is 1. The van der Waals surface area contributed by atoms with E-state index in [2.05, 4.69) is 16.0 Å². The number of carbonyl (C=O) groups excluding carboxylic acids is 2. The Labute approximate surface area is 203 Å². The standard InChI is InChI=1S/C25H25FN4O4S/c26-22-14-9-18(17-23(22)35(33,34)30-15-5-2-6-16-30)24(31)27-20-10-12-21(13-11-20)29-25(32)28-19-7-3-1-4-8-19/h1,3-4,7-14,17H,2,5-6,15-16H2,(H,27,31)(H2,28,29,32). The molecule has 3 aromatic carbocycles. The van der Waals surface area contributed by atoms with E-state index in [1.54, 1.807) is 48.5 Å². The molecule has 0 atom stereocenters. The molecule has 1 aliphatic heterocycles. The Kier molecular flexibility index (Phi) is 7.42. The Hall–Kier alpha value is -3.76. The first kappa shape index (κ1) is 24.4. The molecule has 3 aromatic rings. The summed E-state index contributed by atoms with van der Waals surface area (Å²) in [4.78, 5) is 24.3. The van der Waals surface area contributed by atoms with E-state index in [-0.39, 0.29) is 5.56 Å². The number of urea groups is 1. The van der Waals surface area contributed by atoms with Gasteiger partial charge >= 0.3 is 6.03 Å². The van der Waals surface area contributed by atoms with Crippen molar-refractivity contribution in [3.63, 3.8) is 0 Å². The quantitative estimate of drug-likeness (QED) is 0.451. The highest BCUT2D eigenvalue weighted by Gasteiger charge is 2.29. The van der Waals surface area contributed by atoms with Gasteiger partial charge < -0.3 is 16.0 Å². The lowest BCUT2D eigenvalue weighted by atomic mass is 10.2. The fourth-order valence-corrected chi connectivity index (χ4v) is 5.35. The van der Waals surface area contributed by atoms with Crippen LogP contribution in [-0.4, -0.2) is 37.8 Å². The van der Waals surface area contributed by atoms with Gasteiger partial charge in [-0.2, -0.15) is 4.31 Å². The van der Waals surface area contributed by atoms with Gasteiger partial charge in [-0.1, -0.05) is 24.6 Å².